The molecule has 110 valence electrons. The Kier molecular flexibility index (Phi) is 4.22. The zero-order valence-corrected chi connectivity index (χ0v) is 11.5. The summed E-state index contributed by atoms with van der Waals surface area (Å²) in [4.78, 5) is 23.5. The Labute approximate surface area is 121 Å². The summed E-state index contributed by atoms with van der Waals surface area (Å²) in [6.45, 7) is 1.90. The molecule has 0 aliphatic heterocycles. The molecule has 2 rings (SSSR count). The predicted octanol–water partition coefficient (Wildman–Crippen LogP) is 2.38. The second-order valence-corrected chi connectivity index (χ2v) is 5.42. The Hall–Kier alpha value is -2.42. The molecule has 0 radical (unpaired) electrons. The Bertz CT molecular complexity index is 624. The van der Waals surface area contributed by atoms with Crippen LogP contribution in [0.5, 0.6) is 0 Å². The number of hydrogen-bond acceptors (Lipinski definition) is 3. The molecule has 0 bridgehead atoms. The molecule has 1 saturated carbocycles. The first-order chi connectivity index (χ1) is 9.92. The summed E-state index contributed by atoms with van der Waals surface area (Å²) in [6, 6.07) is 5.28. The minimum absolute atomic E-state index is 0.0151. The second-order valence-electron chi connectivity index (χ2n) is 5.42. The van der Waals surface area contributed by atoms with Crippen molar-refractivity contribution >= 4 is 17.6 Å². The van der Waals surface area contributed by atoms with Gasteiger partial charge in [-0.05, 0) is 37.0 Å². The largest absolute Gasteiger partial charge is 0.481 e. The third kappa shape index (κ3) is 3.19. The molecule has 1 aromatic rings. The summed E-state index contributed by atoms with van der Waals surface area (Å²) in [7, 11) is 0. The standard InChI is InChI=1S/C15H15FN2O3/c1-8-4-11(12(5-8)15(20)21)14(19)18-13-3-2-10(16)6-9(13)7-17/h2-3,6,8,11-12H,4-5H2,1H3,(H,18,19)(H,20,21)/t8?,11-,12+/m0/s1. The Morgan fingerprint density at radius 1 is 1.38 bits per heavy atom. The fourth-order valence-electron chi connectivity index (χ4n) is 2.80. The Morgan fingerprint density at radius 3 is 2.67 bits per heavy atom. The molecule has 21 heavy (non-hydrogen) atoms. The first-order valence-electron chi connectivity index (χ1n) is 6.65. The smallest absolute Gasteiger partial charge is 0.307 e. The highest BCUT2D eigenvalue weighted by Gasteiger charge is 2.41. The van der Waals surface area contributed by atoms with E-state index in [-0.39, 0.29) is 17.2 Å². The van der Waals surface area contributed by atoms with Gasteiger partial charge in [-0.1, -0.05) is 6.92 Å². The van der Waals surface area contributed by atoms with Crippen molar-refractivity contribution in [2.45, 2.75) is 19.8 Å². The molecule has 3 atom stereocenters. The van der Waals surface area contributed by atoms with Crippen molar-refractivity contribution in [2.24, 2.45) is 17.8 Å². The number of benzene rings is 1. The van der Waals surface area contributed by atoms with E-state index in [0.29, 0.717) is 12.8 Å². The van der Waals surface area contributed by atoms with E-state index in [9.17, 15) is 19.1 Å². The third-order valence-electron chi connectivity index (χ3n) is 3.81. The number of halogens is 1. The van der Waals surface area contributed by atoms with Crippen LogP contribution in [0.1, 0.15) is 25.3 Å². The maximum absolute atomic E-state index is 13.1. The summed E-state index contributed by atoms with van der Waals surface area (Å²) in [6.07, 6.45) is 0.952. The van der Waals surface area contributed by atoms with Crippen molar-refractivity contribution in [2.75, 3.05) is 5.32 Å². The first-order valence-corrected chi connectivity index (χ1v) is 6.65. The lowest BCUT2D eigenvalue weighted by molar-refractivity contribution is -0.145. The first kappa shape index (κ1) is 15.0. The van der Waals surface area contributed by atoms with Crippen molar-refractivity contribution < 1.29 is 19.1 Å². The van der Waals surface area contributed by atoms with E-state index in [4.69, 9.17) is 5.26 Å². The monoisotopic (exact) mass is 290 g/mol. The quantitative estimate of drug-likeness (QED) is 0.894. The number of carbonyl (C=O) groups excluding carboxylic acids is 1. The van der Waals surface area contributed by atoms with Crippen molar-refractivity contribution in [1.29, 1.82) is 5.26 Å². The van der Waals surface area contributed by atoms with E-state index in [1.807, 2.05) is 6.92 Å². The molecule has 1 unspecified atom stereocenters. The van der Waals surface area contributed by atoms with Crippen LogP contribution in [0.25, 0.3) is 0 Å². The number of rotatable bonds is 3. The van der Waals surface area contributed by atoms with Crippen LogP contribution in [0.2, 0.25) is 0 Å². The van der Waals surface area contributed by atoms with Crippen LogP contribution < -0.4 is 5.32 Å². The van der Waals surface area contributed by atoms with Crippen molar-refractivity contribution in [3.63, 3.8) is 0 Å². The molecule has 0 saturated heterocycles. The lowest BCUT2D eigenvalue weighted by atomic mass is 9.95. The summed E-state index contributed by atoms with van der Waals surface area (Å²) in [5.41, 5.74) is 0.217. The van der Waals surface area contributed by atoms with Gasteiger partial charge in [-0.25, -0.2) is 4.39 Å². The average Bonchev–Trinajstić information content (AvgIpc) is 2.83. The highest BCUT2D eigenvalue weighted by Crippen LogP contribution is 2.37. The second kappa shape index (κ2) is 5.92. The lowest BCUT2D eigenvalue weighted by Gasteiger charge is -2.16. The third-order valence-corrected chi connectivity index (χ3v) is 3.81. The van der Waals surface area contributed by atoms with Crippen LogP contribution in [0, 0.1) is 34.9 Å². The maximum atomic E-state index is 13.1. The van der Waals surface area contributed by atoms with Gasteiger partial charge in [0.25, 0.3) is 0 Å². The number of hydrogen-bond donors (Lipinski definition) is 2. The molecule has 6 heteroatoms. The molecule has 0 heterocycles. The molecule has 0 spiro atoms. The number of carbonyl (C=O) groups is 2. The van der Waals surface area contributed by atoms with Gasteiger partial charge in [0.15, 0.2) is 0 Å². The number of amides is 1. The number of nitrogens with one attached hydrogen (secondary N) is 1. The number of anilines is 1. The molecule has 0 aromatic heterocycles. The lowest BCUT2D eigenvalue weighted by Crippen LogP contribution is -2.30. The molecule has 2 N–H and O–H groups in total. The van der Waals surface area contributed by atoms with Crippen molar-refractivity contribution in [1.82, 2.24) is 0 Å². The SMILES string of the molecule is CC1C[C@H](C(=O)Nc2ccc(F)cc2C#N)[C@H](C(=O)O)C1. The number of carboxylic acid groups (broad SMARTS) is 1. The molecule has 1 fully saturated rings. The minimum Gasteiger partial charge on any atom is -0.481 e. The Morgan fingerprint density at radius 2 is 2.05 bits per heavy atom. The predicted molar refractivity (Wildman–Crippen MR) is 72.8 cm³/mol. The fourth-order valence-corrected chi connectivity index (χ4v) is 2.80. The number of nitrogens with zero attached hydrogens (tertiary/aromatic N) is 1. The van der Waals surface area contributed by atoms with Crippen LogP contribution in [0.4, 0.5) is 10.1 Å². The van der Waals surface area contributed by atoms with E-state index < -0.39 is 29.5 Å². The van der Waals surface area contributed by atoms with Gasteiger partial charge in [-0.2, -0.15) is 5.26 Å². The molecule has 1 aromatic carbocycles. The average molecular weight is 290 g/mol. The number of aliphatic carboxylic acids is 1. The van der Waals surface area contributed by atoms with E-state index in [1.54, 1.807) is 6.07 Å². The zero-order valence-electron chi connectivity index (χ0n) is 11.5. The molecular weight excluding hydrogens is 275 g/mol. The number of carboxylic acids is 1. The molecule has 5 nitrogen and oxygen atoms in total. The van der Waals surface area contributed by atoms with Crippen LogP contribution in [0.15, 0.2) is 18.2 Å². The number of nitriles is 1. The summed E-state index contributed by atoms with van der Waals surface area (Å²) < 4.78 is 13.1. The van der Waals surface area contributed by atoms with Gasteiger partial charge >= 0.3 is 5.97 Å². The molecular formula is C15H15FN2O3. The van der Waals surface area contributed by atoms with Gasteiger partial charge in [0.1, 0.15) is 11.9 Å². The van der Waals surface area contributed by atoms with Gasteiger partial charge in [-0.3, -0.25) is 9.59 Å². The zero-order chi connectivity index (χ0) is 15.6. The molecule has 1 aliphatic carbocycles. The highest BCUT2D eigenvalue weighted by atomic mass is 19.1. The van der Waals surface area contributed by atoms with Gasteiger partial charge in [0.2, 0.25) is 5.91 Å². The van der Waals surface area contributed by atoms with Crippen molar-refractivity contribution in [3.05, 3.63) is 29.6 Å². The summed E-state index contributed by atoms with van der Waals surface area (Å²) >= 11 is 0. The molecule has 1 amide bonds. The Balaban J connectivity index is 2.18. The minimum atomic E-state index is -0.987. The van der Waals surface area contributed by atoms with Gasteiger partial charge in [-0.15, -0.1) is 0 Å². The van der Waals surface area contributed by atoms with Gasteiger partial charge in [0.05, 0.1) is 23.1 Å². The van der Waals surface area contributed by atoms with E-state index >= 15 is 0 Å². The maximum Gasteiger partial charge on any atom is 0.307 e. The topological polar surface area (TPSA) is 90.2 Å². The summed E-state index contributed by atoms with van der Waals surface area (Å²) in [5.74, 6) is -3.18. The van der Waals surface area contributed by atoms with E-state index in [1.165, 1.54) is 6.07 Å². The summed E-state index contributed by atoms with van der Waals surface area (Å²) in [5, 5.41) is 20.7. The normalized spacial score (nSPS) is 24.3. The van der Waals surface area contributed by atoms with Crippen LogP contribution in [-0.2, 0) is 9.59 Å². The van der Waals surface area contributed by atoms with E-state index in [0.717, 1.165) is 12.1 Å². The van der Waals surface area contributed by atoms with Gasteiger partial charge < -0.3 is 10.4 Å². The van der Waals surface area contributed by atoms with E-state index in [2.05, 4.69) is 5.32 Å². The molecule has 1 aliphatic rings. The van der Waals surface area contributed by atoms with Crippen LogP contribution in [-0.4, -0.2) is 17.0 Å². The highest BCUT2D eigenvalue weighted by molar-refractivity contribution is 5.96. The fraction of sp³-hybridized carbons (Fsp3) is 0.400. The van der Waals surface area contributed by atoms with Crippen molar-refractivity contribution in [3.8, 4) is 6.07 Å². The van der Waals surface area contributed by atoms with Crippen LogP contribution >= 0.6 is 0 Å². The van der Waals surface area contributed by atoms with Crippen LogP contribution in [0.3, 0.4) is 0 Å². The van der Waals surface area contributed by atoms with Gasteiger partial charge in [0, 0.05) is 0 Å².